The maximum Gasteiger partial charge on any atom is 0.266 e. The maximum atomic E-state index is 13.3. The van der Waals surface area contributed by atoms with E-state index < -0.39 is 0 Å². The molecule has 0 bridgehead atoms. The number of carbonyl (C=O) groups excluding carboxylic acids is 1. The molecular formula is C22H25N3O2S. The highest BCUT2D eigenvalue weighted by Gasteiger charge is 2.20. The highest BCUT2D eigenvalue weighted by molar-refractivity contribution is 8.00. The van der Waals surface area contributed by atoms with Gasteiger partial charge < -0.3 is 5.32 Å². The van der Waals surface area contributed by atoms with Crippen LogP contribution in [0.3, 0.4) is 0 Å². The summed E-state index contributed by atoms with van der Waals surface area (Å²) in [4.78, 5) is 30.5. The van der Waals surface area contributed by atoms with E-state index in [9.17, 15) is 9.59 Å². The number of nitrogens with one attached hydrogen (secondary N) is 1. The molecule has 0 radical (unpaired) electrons. The first-order valence-electron chi connectivity index (χ1n) is 9.46. The summed E-state index contributed by atoms with van der Waals surface area (Å²) in [5, 5.41) is 3.63. The molecule has 3 aromatic rings. The van der Waals surface area contributed by atoms with Crippen LogP contribution in [-0.2, 0) is 4.79 Å². The van der Waals surface area contributed by atoms with Crippen molar-refractivity contribution >= 4 is 28.6 Å². The normalized spacial score (nSPS) is 12.1. The lowest BCUT2D eigenvalue weighted by Crippen LogP contribution is -2.32. The number of thioether (sulfide) groups is 1. The number of aryl methyl sites for hydroxylation is 1. The molecule has 6 heteroatoms. The van der Waals surface area contributed by atoms with Gasteiger partial charge in [-0.05, 0) is 56.5 Å². The van der Waals surface area contributed by atoms with Crippen LogP contribution in [0.25, 0.3) is 16.6 Å². The van der Waals surface area contributed by atoms with Gasteiger partial charge in [-0.2, -0.15) is 0 Å². The molecule has 2 aromatic carbocycles. The minimum atomic E-state index is -0.365. The zero-order valence-electron chi connectivity index (χ0n) is 16.7. The molecule has 1 unspecified atom stereocenters. The van der Waals surface area contributed by atoms with Gasteiger partial charge in [0.2, 0.25) is 5.91 Å². The lowest BCUT2D eigenvalue weighted by molar-refractivity contribution is -0.120. The Morgan fingerprint density at radius 3 is 2.68 bits per heavy atom. The molecule has 1 N–H and O–H groups in total. The predicted octanol–water partition coefficient (Wildman–Crippen LogP) is 4.01. The zero-order chi connectivity index (χ0) is 20.3. The van der Waals surface area contributed by atoms with Crippen LogP contribution in [0.1, 0.15) is 31.4 Å². The summed E-state index contributed by atoms with van der Waals surface area (Å²) in [5.41, 5.74) is 3.43. The van der Waals surface area contributed by atoms with Crippen LogP contribution < -0.4 is 10.9 Å². The number of nitrogens with zero attached hydrogens (tertiary/aromatic N) is 2. The van der Waals surface area contributed by atoms with Gasteiger partial charge in [0.1, 0.15) is 0 Å². The standard InChI is InChI=1S/C22H25N3O2S/c1-5-13-23-20(26)16(4)28-22-24-18-11-7-6-10-17(18)21(27)25(22)19-12-8-9-14(2)15(19)3/h6-12,16H,5,13H2,1-4H3,(H,23,26). The van der Waals surface area contributed by atoms with E-state index >= 15 is 0 Å². The van der Waals surface area contributed by atoms with Gasteiger partial charge in [-0.1, -0.05) is 43.0 Å². The number of aromatic nitrogens is 2. The van der Waals surface area contributed by atoms with Crippen molar-refractivity contribution in [1.82, 2.24) is 14.9 Å². The maximum absolute atomic E-state index is 13.3. The van der Waals surface area contributed by atoms with Crippen molar-refractivity contribution in [3.05, 3.63) is 63.9 Å². The summed E-state index contributed by atoms with van der Waals surface area (Å²) in [6.07, 6.45) is 0.880. The minimum absolute atomic E-state index is 0.0539. The van der Waals surface area contributed by atoms with Crippen molar-refractivity contribution < 1.29 is 4.79 Å². The van der Waals surface area contributed by atoms with Crippen LogP contribution in [0.4, 0.5) is 0 Å². The van der Waals surface area contributed by atoms with E-state index in [1.54, 1.807) is 10.6 Å². The third-order valence-electron chi connectivity index (χ3n) is 4.76. The van der Waals surface area contributed by atoms with Crippen molar-refractivity contribution in [2.75, 3.05) is 6.54 Å². The van der Waals surface area contributed by atoms with Crippen LogP contribution in [0, 0.1) is 13.8 Å². The van der Waals surface area contributed by atoms with E-state index in [1.165, 1.54) is 11.8 Å². The van der Waals surface area contributed by atoms with Crippen molar-refractivity contribution in [2.24, 2.45) is 0 Å². The third kappa shape index (κ3) is 3.97. The fourth-order valence-electron chi connectivity index (χ4n) is 2.99. The van der Waals surface area contributed by atoms with Crippen LogP contribution in [-0.4, -0.2) is 27.3 Å². The Balaban J connectivity index is 2.16. The number of rotatable bonds is 6. The Kier molecular flexibility index (Phi) is 6.19. The summed E-state index contributed by atoms with van der Waals surface area (Å²) >= 11 is 1.31. The van der Waals surface area contributed by atoms with Crippen LogP contribution in [0.2, 0.25) is 0 Å². The summed E-state index contributed by atoms with van der Waals surface area (Å²) in [6, 6.07) is 13.2. The lowest BCUT2D eigenvalue weighted by Gasteiger charge is -2.18. The minimum Gasteiger partial charge on any atom is -0.355 e. The molecule has 0 aliphatic rings. The zero-order valence-corrected chi connectivity index (χ0v) is 17.5. The van der Waals surface area contributed by atoms with Crippen molar-refractivity contribution in [3.8, 4) is 5.69 Å². The molecule has 0 aliphatic heterocycles. The first-order chi connectivity index (χ1) is 13.4. The molecule has 146 valence electrons. The predicted molar refractivity (Wildman–Crippen MR) is 115 cm³/mol. The Morgan fingerprint density at radius 2 is 1.93 bits per heavy atom. The molecule has 5 nitrogen and oxygen atoms in total. The summed E-state index contributed by atoms with van der Waals surface area (Å²) < 4.78 is 1.64. The van der Waals surface area contributed by atoms with E-state index in [4.69, 9.17) is 4.98 Å². The molecule has 3 rings (SSSR count). The molecule has 0 spiro atoms. The fraction of sp³-hybridized carbons (Fsp3) is 0.318. The molecule has 0 aliphatic carbocycles. The van der Waals surface area contributed by atoms with Crippen LogP contribution in [0.15, 0.2) is 52.4 Å². The van der Waals surface area contributed by atoms with E-state index in [-0.39, 0.29) is 16.7 Å². The van der Waals surface area contributed by atoms with Crippen LogP contribution >= 0.6 is 11.8 Å². The topological polar surface area (TPSA) is 64.0 Å². The van der Waals surface area contributed by atoms with Gasteiger partial charge >= 0.3 is 0 Å². The highest BCUT2D eigenvalue weighted by Crippen LogP contribution is 2.27. The van der Waals surface area contributed by atoms with Gasteiger partial charge in [0, 0.05) is 6.54 Å². The Labute approximate surface area is 169 Å². The number of hydrogen-bond donors (Lipinski definition) is 1. The summed E-state index contributed by atoms with van der Waals surface area (Å²) in [6.45, 7) is 8.51. The van der Waals surface area contributed by atoms with E-state index in [0.29, 0.717) is 22.6 Å². The second-order valence-electron chi connectivity index (χ2n) is 6.82. The van der Waals surface area contributed by atoms with Gasteiger partial charge in [0.15, 0.2) is 5.16 Å². The molecule has 0 saturated carbocycles. The smallest absolute Gasteiger partial charge is 0.266 e. The Bertz CT molecular complexity index is 1080. The van der Waals surface area contributed by atoms with E-state index in [2.05, 4.69) is 5.32 Å². The van der Waals surface area contributed by atoms with Gasteiger partial charge in [-0.15, -0.1) is 0 Å². The molecule has 0 fully saturated rings. The second kappa shape index (κ2) is 8.61. The monoisotopic (exact) mass is 395 g/mol. The van der Waals surface area contributed by atoms with Gasteiger partial charge in [0.25, 0.3) is 5.56 Å². The van der Waals surface area contributed by atoms with Gasteiger partial charge in [0.05, 0.1) is 21.8 Å². The highest BCUT2D eigenvalue weighted by atomic mass is 32.2. The van der Waals surface area contributed by atoms with Crippen molar-refractivity contribution in [2.45, 2.75) is 44.5 Å². The number of fused-ring (bicyclic) bond motifs is 1. The SMILES string of the molecule is CCCNC(=O)C(C)Sc1nc2ccccc2c(=O)n1-c1cccc(C)c1C. The van der Waals surface area contributed by atoms with E-state index in [0.717, 1.165) is 23.2 Å². The van der Waals surface area contributed by atoms with Crippen molar-refractivity contribution in [1.29, 1.82) is 0 Å². The number of hydrogen-bond acceptors (Lipinski definition) is 4. The average molecular weight is 396 g/mol. The Morgan fingerprint density at radius 1 is 1.18 bits per heavy atom. The van der Waals surface area contributed by atoms with E-state index in [1.807, 2.05) is 64.1 Å². The molecular weight excluding hydrogens is 370 g/mol. The number of amides is 1. The molecule has 1 atom stereocenters. The fourth-order valence-corrected chi connectivity index (χ4v) is 3.93. The number of para-hydroxylation sites is 1. The van der Waals surface area contributed by atoms with Gasteiger partial charge in [-0.3, -0.25) is 14.2 Å². The molecule has 0 saturated heterocycles. The Hall–Kier alpha value is -2.60. The molecule has 1 aromatic heterocycles. The number of carbonyl (C=O) groups is 1. The van der Waals surface area contributed by atoms with Crippen molar-refractivity contribution in [3.63, 3.8) is 0 Å². The summed E-state index contributed by atoms with van der Waals surface area (Å²) in [7, 11) is 0. The quantitative estimate of drug-likeness (QED) is 0.506. The largest absolute Gasteiger partial charge is 0.355 e. The number of benzene rings is 2. The lowest BCUT2D eigenvalue weighted by atomic mass is 10.1. The first kappa shape index (κ1) is 20.1. The molecule has 1 heterocycles. The molecule has 28 heavy (non-hydrogen) atoms. The summed E-state index contributed by atoms with van der Waals surface area (Å²) in [5.74, 6) is -0.0539. The third-order valence-corrected chi connectivity index (χ3v) is 5.81. The van der Waals surface area contributed by atoms with Crippen LogP contribution in [0.5, 0.6) is 0 Å². The first-order valence-corrected chi connectivity index (χ1v) is 10.3. The average Bonchev–Trinajstić information content (AvgIpc) is 2.69. The molecule has 1 amide bonds. The van der Waals surface area contributed by atoms with Gasteiger partial charge in [-0.25, -0.2) is 4.98 Å². The second-order valence-corrected chi connectivity index (χ2v) is 8.13.